The molecule has 0 aromatic heterocycles. The molecule has 0 saturated heterocycles. The summed E-state index contributed by atoms with van der Waals surface area (Å²) in [4.78, 5) is 11.7. The highest BCUT2D eigenvalue weighted by Gasteiger charge is 2.28. The van der Waals surface area contributed by atoms with Crippen LogP contribution >= 0.6 is 0 Å². The molecular formula is C10H22N2O2. The Balaban J connectivity index is 4.15. The van der Waals surface area contributed by atoms with E-state index < -0.39 is 5.60 Å². The third-order valence-electron chi connectivity index (χ3n) is 2.40. The number of methoxy groups -OCH3 is 1. The van der Waals surface area contributed by atoms with E-state index in [4.69, 9.17) is 10.5 Å². The van der Waals surface area contributed by atoms with Crippen LogP contribution in [0.3, 0.4) is 0 Å². The molecule has 4 nitrogen and oxygen atoms in total. The van der Waals surface area contributed by atoms with Crippen molar-refractivity contribution in [2.45, 2.75) is 45.3 Å². The molecule has 0 aromatic rings. The highest BCUT2D eigenvalue weighted by atomic mass is 16.5. The first-order chi connectivity index (χ1) is 6.47. The summed E-state index contributed by atoms with van der Waals surface area (Å²) in [5.41, 5.74) is 4.68. The van der Waals surface area contributed by atoms with Crippen LogP contribution in [0, 0.1) is 0 Å². The molecule has 0 bridgehead atoms. The second kappa shape index (κ2) is 5.98. The third kappa shape index (κ3) is 4.07. The summed E-state index contributed by atoms with van der Waals surface area (Å²) >= 11 is 0. The van der Waals surface area contributed by atoms with Crippen molar-refractivity contribution in [3.63, 3.8) is 0 Å². The van der Waals surface area contributed by atoms with Crippen molar-refractivity contribution in [1.29, 1.82) is 0 Å². The zero-order chi connectivity index (χ0) is 11.2. The zero-order valence-corrected chi connectivity index (χ0v) is 9.59. The topological polar surface area (TPSA) is 64.3 Å². The predicted octanol–water partition coefficient (Wildman–Crippen LogP) is 0.655. The largest absolute Gasteiger partial charge is 0.369 e. The van der Waals surface area contributed by atoms with Gasteiger partial charge < -0.3 is 15.8 Å². The molecule has 14 heavy (non-hydrogen) atoms. The van der Waals surface area contributed by atoms with E-state index in [1.165, 1.54) is 7.11 Å². The first-order valence-corrected chi connectivity index (χ1v) is 5.04. The number of hydrogen-bond donors (Lipinski definition) is 2. The molecule has 1 amide bonds. The monoisotopic (exact) mass is 202 g/mol. The van der Waals surface area contributed by atoms with Crippen molar-refractivity contribution in [2.24, 2.45) is 5.73 Å². The lowest BCUT2D eigenvalue weighted by Gasteiger charge is -2.25. The normalized spacial score (nSPS) is 13.8. The maximum absolute atomic E-state index is 11.7. The molecule has 0 fully saturated rings. The third-order valence-corrected chi connectivity index (χ3v) is 2.40. The number of carbonyl (C=O) groups is 1. The quantitative estimate of drug-likeness (QED) is 0.665. The number of nitrogens with one attached hydrogen (secondary N) is 1. The molecule has 0 radical (unpaired) electrons. The van der Waals surface area contributed by atoms with E-state index in [2.05, 4.69) is 5.32 Å². The van der Waals surface area contributed by atoms with Crippen LogP contribution in [0.5, 0.6) is 0 Å². The van der Waals surface area contributed by atoms with Crippen LogP contribution in [-0.2, 0) is 9.53 Å². The fourth-order valence-corrected chi connectivity index (χ4v) is 1.03. The molecule has 0 aliphatic heterocycles. The average Bonchev–Trinajstić information content (AvgIpc) is 2.16. The molecule has 3 N–H and O–H groups in total. The number of hydrogen-bond acceptors (Lipinski definition) is 3. The lowest BCUT2D eigenvalue weighted by atomic mass is 10.1. The minimum atomic E-state index is -0.762. The van der Waals surface area contributed by atoms with Crippen LogP contribution in [0.2, 0.25) is 0 Å². The average molecular weight is 202 g/mol. The first kappa shape index (κ1) is 13.4. The van der Waals surface area contributed by atoms with Gasteiger partial charge in [0.15, 0.2) is 0 Å². The standard InChI is InChI=1S/C10H22N2O2/c1-5-8(6-7-11)12-9(13)10(2,3)14-4/h8H,5-7,11H2,1-4H3,(H,12,13). The Hall–Kier alpha value is -0.610. The van der Waals surface area contributed by atoms with Gasteiger partial charge >= 0.3 is 0 Å². The second-order valence-electron chi connectivity index (χ2n) is 3.87. The summed E-state index contributed by atoms with van der Waals surface area (Å²) in [5, 5.41) is 2.91. The summed E-state index contributed by atoms with van der Waals surface area (Å²) in [6, 6.07) is 0.155. The summed E-state index contributed by atoms with van der Waals surface area (Å²) in [7, 11) is 1.53. The fraction of sp³-hybridized carbons (Fsp3) is 0.900. The molecule has 1 unspecified atom stereocenters. The van der Waals surface area contributed by atoms with Gasteiger partial charge in [0.1, 0.15) is 5.60 Å². The Labute approximate surface area is 86.2 Å². The first-order valence-electron chi connectivity index (χ1n) is 5.04. The molecule has 0 spiro atoms. The van der Waals surface area contributed by atoms with Gasteiger partial charge in [-0.1, -0.05) is 6.92 Å². The van der Waals surface area contributed by atoms with Crippen molar-refractivity contribution in [3.05, 3.63) is 0 Å². The summed E-state index contributed by atoms with van der Waals surface area (Å²) < 4.78 is 5.08. The van der Waals surface area contributed by atoms with Crippen LogP contribution in [0.25, 0.3) is 0 Å². The van der Waals surface area contributed by atoms with E-state index in [9.17, 15) is 4.79 Å². The number of amides is 1. The second-order valence-corrected chi connectivity index (χ2v) is 3.87. The van der Waals surface area contributed by atoms with Crippen LogP contribution in [0.1, 0.15) is 33.6 Å². The Bertz CT molecular complexity index is 181. The van der Waals surface area contributed by atoms with E-state index in [1.807, 2.05) is 6.92 Å². The van der Waals surface area contributed by atoms with Crippen molar-refractivity contribution in [2.75, 3.05) is 13.7 Å². The van der Waals surface area contributed by atoms with Crippen LogP contribution in [-0.4, -0.2) is 31.2 Å². The van der Waals surface area contributed by atoms with Gasteiger partial charge in [-0.15, -0.1) is 0 Å². The predicted molar refractivity (Wildman–Crippen MR) is 57.0 cm³/mol. The molecule has 0 heterocycles. The summed E-state index contributed by atoms with van der Waals surface area (Å²) in [6.45, 7) is 6.11. The van der Waals surface area contributed by atoms with Crippen LogP contribution < -0.4 is 11.1 Å². The Morgan fingerprint density at radius 1 is 1.57 bits per heavy atom. The van der Waals surface area contributed by atoms with E-state index in [1.54, 1.807) is 13.8 Å². The molecular weight excluding hydrogens is 180 g/mol. The van der Waals surface area contributed by atoms with Crippen LogP contribution in [0.4, 0.5) is 0 Å². The van der Waals surface area contributed by atoms with E-state index in [-0.39, 0.29) is 11.9 Å². The maximum atomic E-state index is 11.7. The van der Waals surface area contributed by atoms with Crippen molar-refractivity contribution >= 4 is 5.91 Å². The van der Waals surface area contributed by atoms with E-state index in [0.717, 1.165) is 12.8 Å². The zero-order valence-electron chi connectivity index (χ0n) is 9.59. The molecule has 84 valence electrons. The Kier molecular flexibility index (Phi) is 5.72. The van der Waals surface area contributed by atoms with Crippen LogP contribution in [0.15, 0.2) is 0 Å². The van der Waals surface area contributed by atoms with Gasteiger partial charge in [0, 0.05) is 13.2 Å². The minimum Gasteiger partial charge on any atom is -0.369 e. The van der Waals surface area contributed by atoms with Crippen molar-refractivity contribution < 1.29 is 9.53 Å². The summed E-state index contributed by atoms with van der Waals surface area (Å²) in [5.74, 6) is -0.0831. The smallest absolute Gasteiger partial charge is 0.251 e. The van der Waals surface area contributed by atoms with Gasteiger partial charge in [0.2, 0.25) is 0 Å². The molecule has 0 aliphatic carbocycles. The van der Waals surface area contributed by atoms with Gasteiger partial charge in [0.05, 0.1) is 0 Å². The Morgan fingerprint density at radius 2 is 2.14 bits per heavy atom. The molecule has 0 saturated carbocycles. The molecule has 4 heteroatoms. The van der Waals surface area contributed by atoms with Crippen molar-refractivity contribution in [3.8, 4) is 0 Å². The fourth-order valence-electron chi connectivity index (χ4n) is 1.03. The van der Waals surface area contributed by atoms with Crippen molar-refractivity contribution in [1.82, 2.24) is 5.32 Å². The maximum Gasteiger partial charge on any atom is 0.251 e. The van der Waals surface area contributed by atoms with Gasteiger partial charge in [-0.25, -0.2) is 0 Å². The number of rotatable bonds is 6. The van der Waals surface area contributed by atoms with Gasteiger partial charge in [0.25, 0.3) is 5.91 Å². The summed E-state index contributed by atoms with van der Waals surface area (Å²) in [6.07, 6.45) is 1.70. The highest BCUT2D eigenvalue weighted by molar-refractivity contribution is 5.84. The highest BCUT2D eigenvalue weighted by Crippen LogP contribution is 2.08. The lowest BCUT2D eigenvalue weighted by molar-refractivity contribution is -0.140. The molecule has 0 rings (SSSR count). The number of ether oxygens (including phenoxy) is 1. The van der Waals surface area contributed by atoms with Gasteiger partial charge in [-0.2, -0.15) is 0 Å². The SMILES string of the molecule is CCC(CCN)NC(=O)C(C)(C)OC. The van der Waals surface area contributed by atoms with E-state index >= 15 is 0 Å². The number of nitrogens with two attached hydrogens (primary N) is 1. The van der Waals surface area contributed by atoms with Gasteiger partial charge in [-0.05, 0) is 33.2 Å². The minimum absolute atomic E-state index is 0.0831. The molecule has 0 aromatic carbocycles. The van der Waals surface area contributed by atoms with E-state index in [0.29, 0.717) is 6.54 Å². The molecule has 1 atom stereocenters. The lowest BCUT2D eigenvalue weighted by Crippen LogP contribution is -2.48. The number of carbonyl (C=O) groups excluding carboxylic acids is 1. The molecule has 0 aliphatic rings. The Morgan fingerprint density at radius 3 is 2.50 bits per heavy atom. The van der Waals surface area contributed by atoms with Gasteiger partial charge in [-0.3, -0.25) is 4.79 Å².